The Hall–Kier alpha value is -2.91. The van der Waals surface area contributed by atoms with Crippen LogP contribution >= 0.6 is 0 Å². The lowest BCUT2D eigenvalue weighted by atomic mass is 9.95. The van der Waals surface area contributed by atoms with E-state index in [0.29, 0.717) is 12.2 Å². The molecule has 2 heterocycles. The molecular weight excluding hydrogens is 340 g/mol. The Morgan fingerprint density at radius 3 is 2.63 bits per heavy atom. The average molecular weight is 364 g/mol. The van der Waals surface area contributed by atoms with E-state index in [1.807, 2.05) is 12.1 Å². The van der Waals surface area contributed by atoms with E-state index in [-0.39, 0.29) is 11.8 Å². The van der Waals surface area contributed by atoms with Crippen molar-refractivity contribution in [2.24, 2.45) is 5.92 Å². The van der Waals surface area contributed by atoms with E-state index in [9.17, 15) is 4.79 Å². The van der Waals surface area contributed by atoms with Gasteiger partial charge in [0, 0.05) is 44.6 Å². The van der Waals surface area contributed by atoms with Crippen LogP contribution in [0.2, 0.25) is 0 Å². The van der Waals surface area contributed by atoms with Crippen LogP contribution in [0.15, 0.2) is 30.6 Å². The summed E-state index contributed by atoms with van der Waals surface area (Å²) in [7, 11) is 1.69. The third-order valence-electron chi connectivity index (χ3n) is 4.96. The zero-order chi connectivity index (χ0) is 19.4. The van der Waals surface area contributed by atoms with Gasteiger partial charge in [-0.1, -0.05) is 0 Å². The first-order chi connectivity index (χ1) is 13.0. The van der Waals surface area contributed by atoms with Gasteiger partial charge in [-0.2, -0.15) is 5.26 Å². The van der Waals surface area contributed by atoms with Crippen LogP contribution < -0.4 is 10.1 Å². The van der Waals surface area contributed by atoms with Gasteiger partial charge in [0.15, 0.2) is 0 Å². The lowest BCUT2D eigenvalue weighted by molar-refractivity contribution is -0.129. The van der Waals surface area contributed by atoms with Gasteiger partial charge in [-0.25, -0.2) is 0 Å². The van der Waals surface area contributed by atoms with Crippen molar-refractivity contribution in [1.29, 1.82) is 5.26 Å². The molecule has 2 aromatic rings. The van der Waals surface area contributed by atoms with Crippen molar-refractivity contribution < 1.29 is 9.53 Å². The minimum absolute atomic E-state index is 0.107. The van der Waals surface area contributed by atoms with Crippen LogP contribution in [-0.2, 0) is 17.9 Å². The molecule has 0 radical (unpaired) electrons. The third kappa shape index (κ3) is 4.44. The number of ether oxygens (including phenoxy) is 1. The van der Waals surface area contributed by atoms with Crippen molar-refractivity contribution in [1.82, 2.24) is 15.2 Å². The Kier molecular flexibility index (Phi) is 5.72. The zero-order valence-corrected chi connectivity index (χ0v) is 16.0. The Balaban J connectivity index is 1.61. The number of nitriles is 1. The summed E-state index contributed by atoms with van der Waals surface area (Å²) in [6, 6.07) is 7.96. The number of pyridine rings is 1. The number of carbonyl (C=O) groups is 1. The van der Waals surface area contributed by atoms with E-state index in [0.717, 1.165) is 30.9 Å². The first-order valence-corrected chi connectivity index (χ1v) is 9.01. The number of aromatic nitrogens is 1. The minimum Gasteiger partial charge on any atom is -0.489 e. The molecule has 0 aliphatic carbocycles. The largest absolute Gasteiger partial charge is 0.489 e. The SMILES string of the molecule is CNC(=O)C1CN(Cc2c(C)cc(OCc3cncc(C#N)c3)cc2C)C1. The van der Waals surface area contributed by atoms with Crippen LogP contribution in [0.1, 0.15) is 27.8 Å². The van der Waals surface area contributed by atoms with Gasteiger partial charge in [0.25, 0.3) is 0 Å². The van der Waals surface area contributed by atoms with E-state index in [4.69, 9.17) is 10.00 Å². The number of nitrogens with one attached hydrogen (secondary N) is 1. The molecule has 1 amide bonds. The molecule has 0 unspecified atom stereocenters. The summed E-state index contributed by atoms with van der Waals surface area (Å²) >= 11 is 0. The summed E-state index contributed by atoms with van der Waals surface area (Å²) in [6.45, 7) is 7.00. The van der Waals surface area contributed by atoms with Crippen molar-refractivity contribution in [3.05, 3.63) is 58.4 Å². The number of hydrogen-bond acceptors (Lipinski definition) is 5. The van der Waals surface area contributed by atoms with Crippen LogP contribution in [-0.4, -0.2) is 35.9 Å². The van der Waals surface area contributed by atoms with E-state index >= 15 is 0 Å². The number of likely N-dealkylation sites (tertiary alicyclic amines) is 1. The van der Waals surface area contributed by atoms with E-state index in [1.54, 1.807) is 19.3 Å². The topological polar surface area (TPSA) is 78.2 Å². The maximum atomic E-state index is 11.6. The normalized spacial score (nSPS) is 14.3. The monoisotopic (exact) mass is 364 g/mol. The molecule has 140 valence electrons. The first-order valence-electron chi connectivity index (χ1n) is 9.01. The van der Waals surface area contributed by atoms with Gasteiger partial charge < -0.3 is 10.1 Å². The molecule has 27 heavy (non-hydrogen) atoms. The molecule has 1 fully saturated rings. The van der Waals surface area contributed by atoms with Crippen molar-refractivity contribution in [3.8, 4) is 11.8 Å². The van der Waals surface area contributed by atoms with Gasteiger partial charge in [-0.3, -0.25) is 14.7 Å². The molecule has 1 aromatic heterocycles. The molecular formula is C21H24N4O2. The number of carbonyl (C=O) groups excluding carboxylic acids is 1. The molecule has 0 atom stereocenters. The predicted molar refractivity (Wildman–Crippen MR) is 102 cm³/mol. The van der Waals surface area contributed by atoms with Gasteiger partial charge >= 0.3 is 0 Å². The maximum absolute atomic E-state index is 11.6. The fourth-order valence-electron chi connectivity index (χ4n) is 3.37. The second-order valence-electron chi connectivity index (χ2n) is 7.02. The van der Waals surface area contributed by atoms with Crippen molar-refractivity contribution in [2.45, 2.75) is 27.0 Å². The van der Waals surface area contributed by atoms with Crippen LogP contribution in [0.5, 0.6) is 5.75 Å². The summed E-state index contributed by atoms with van der Waals surface area (Å²) in [5.41, 5.74) is 5.04. The fraction of sp³-hybridized carbons (Fsp3) is 0.381. The highest BCUT2D eigenvalue weighted by atomic mass is 16.5. The number of hydrogen-bond donors (Lipinski definition) is 1. The van der Waals surface area contributed by atoms with Crippen molar-refractivity contribution in [3.63, 3.8) is 0 Å². The van der Waals surface area contributed by atoms with Crippen molar-refractivity contribution >= 4 is 5.91 Å². The maximum Gasteiger partial charge on any atom is 0.225 e. The summed E-state index contributed by atoms with van der Waals surface area (Å²) in [6.07, 6.45) is 3.25. The number of benzene rings is 1. The lowest BCUT2D eigenvalue weighted by Crippen LogP contribution is -2.52. The van der Waals surface area contributed by atoms with Gasteiger partial charge in [0.1, 0.15) is 18.4 Å². The highest BCUT2D eigenvalue weighted by Gasteiger charge is 2.32. The van der Waals surface area contributed by atoms with E-state index in [1.165, 1.54) is 22.9 Å². The van der Waals surface area contributed by atoms with Gasteiger partial charge in [-0.15, -0.1) is 0 Å². The smallest absolute Gasteiger partial charge is 0.225 e. The third-order valence-corrected chi connectivity index (χ3v) is 4.96. The summed E-state index contributed by atoms with van der Waals surface area (Å²) < 4.78 is 5.90. The Bertz CT molecular complexity index is 859. The highest BCUT2D eigenvalue weighted by Crippen LogP contribution is 2.26. The molecule has 1 saturated heterocycles. The lowest BCUT2D eigenvalue weighted by Gasteiger charge is -2.38. The van der Waals surface area contributed by atoms with Crippen molar-refractivity contribution in [2.75, 3.05) is 20.1 Å². The van der Waals surface area contributed by atoms with Crippen LogP contribution in [0.25, 0.3) is 0 Å². The van der Waals surface area contributed by atoms with Crippen LogP contribution in [0.3, 0.4) is 0 Å². The fourth-order valence-corrected chi connectivity index (χ4v) is 3.37. The summed E-state index contributed by atoms with van der Waals surface area (Å²) in [4.78, 5) is 18.0. The Labute approximate surface area is 159 Å². The number of rotatable bonds is 6. The highest BCUT2D eigenvalue weighted by molar-refractivity contribution is 5.79. The molecule has 1 aromatic carbocycles. The quantitative estimate of drug-likeness (QED) is 0.851. The number of amides is 1. The molecule has 3 rings (SSSR count). The molecule has 0 saturated carbocycles. The molecule has 1 aliphatic heterocycles. The predicted octanol–water partition coefficient (Wildman–Crippen LogP) is 2.33. The number of nitrogens with zero attached hydrogens (tertiary/aromatic N) is 3. The Morgan fingerprint density at radius 1 is 1.30 bits per heavy atom. The van der Waals surface area contributed by atoms with Crippen LogP contribution in [0.4, 0.5) is 0 Å². The molecule has 6 nitrogen and oxygen atoms in total. The van der Waals surface area contributed by atoms with E-state index < -0.39 is 0 Å². The van der Waals surface area contributed by atoms with Gasteiger partial charge in [-0.05, 0) is 48.7 Å². The molecule has 0 bridgehead atoms. The molecule has 1 N–H and O–H groups in total. The van der Waals surface area contributed by atoms with Gasteiger partial charge in [0.2, 0.25) is 5.91 Å². The zero-order valence-electron chi connectivity index (χ0n) is 16.0. The standard InChI is InChI=1S/C21H24N4O2/c1-14-4-19(27-13-17-6-16(7-22)8-24-9-17)5-15(2)20(14)12-25-10-18(11-25)21(26)23-3/h4-6,8-9,18H,10-13H2,1-3H3,(H,23,26). The Morgan fingerprint density at radius 2 is 2.00 bits per heavy atom. The average Bonchev–Trinajstić information content (AvgIpc) is 2.64. The van der Waals surface area contributed by atoms with E-state index in [2.05, 4.69) is 35.1 Å². The minimum atomic E-state index is 0.107. The summed E-state index contributed by atoms with van der Waals surface area (Å²) in [5, 5.41) is 11.7. The molecule has 1 aliphatic rings. The number of aryl methyl sites for hydroxylation is 2. The first kappa shape index (κ1) is 18.9. The molecule has 0 spiro atoms. The second kappa shape index (κ2) is 8.19. The van der Waals surface area contributed by atoms with Gasteiger partial charge in [0.05, 0.1) is 11.5 Å². The molecule has 6 heteroatoms. The second-order valence-corrected chi connectivity index (χ2v) is 7.02. The summed E-state index contributed by atoms with van der Waals surface area (Å²) in [5.74, 6) is 1.04. The van der Waals surface area contributed by atoms with Crippen LogP contribution in [0, 0.1) is 31.1 Å².